The summed E-state index contributed by atoms with van der Waals surface area (Å²) in [5.74, 6) is -0.0658. The first-order chi connectivity index (χ1) is 11.9. The molecule has 0 N–H and O–H groups in total. The molecule has 1 saturated heterocycles. The van der Waals surface area contributed by atoms with Crippen LogP contribution in [0.4, 0.5) is 0 Å². The van der Waals surface area contributed by atoms with Crippen molar-refractivity contribution in [1.82, 2.24) is 14.7 Å². The molecule has 0 saturated carbocycles. The van der Waals surface area contributed by atoms with Gasteiger partial charge in [0.1, 0.15) is 9.71 Å². The SMILES string of the molecule is Cc1nn(CC(C)C)c2sc(C(=O)OC(C)C(=O)N3CCCC3)cc12. The Balaban J connectivity index is 1.74. The Hall–Kier alpha value is -1.89. The summed E-state index contributed by atoms with van der Waals surface area (Å²) in [5.41, 5.74) is 0.909. The van der Waals surface area contributed by atoms with Gasteiger partial charge in [-0.05, 0) is 38.7 Å². The molecule has 3 heterocycles. The maximum Gasteiger partial charge on any atom is 0.349 e. The van der Waals surface area contributed by atoms with Crippen molar-refractivity contribution in [3.8, 4) is 0 Å². The molecule has 0 radical (unpaired) electrons. The lowest BCUT2D eigenvalue weighted by Gasteiger charge is -2.20. The smallest absolute Gasteiger partial charge is 0.349 e. The highest BCUT2D eigenvalue weighted by molar-refractivity contribution is 7.20. The first-order valence-corrected chi connectivity index (χ1v) is 9.65. The van der Waals surface area contributed by atoms with Gasteiger partial charge in [0.2, 0.25) is 0 Å². The van der Waals surface area contributed by atoms with Gasteiger partial charge in [0.15, 0.2) is 6.10 Å². The molecule has 0 spiro atoms. The third-order valence-corrected chi connectivity index (χ3v) is 5.52. The van der Waals surface area contributed by atoms with Crippen LogP contribution in [0.2, 0.25) is 0 Å². The van der Waals surface area contributed by atoms with E-state index < -0.39 is 12.1 Å². The zero-order valence-corrected chi connectivity index (χ0v) is 16.1. The van der Waals surface area contributed by atoms with Gasteiger partial charge in [-0.1, -0.05) is 13.8 Å². The van der Waals surface area contributed by atoms with Crippen LogP contribution in [0, 0.1) is 12.8 Å². The van der Waals surface area contributed by atoms with Crippen LogP contribution in [0.5, 0.6) is 0 Å². The van der Waals surface area contributed by atoms with E-state index in [2.05, 4.69) is 18.9 Å². The molecule has 7 heteroatoms. The minimum Gasteiger partial charge on any atom is -0.448 e. The minimum atomic E-state index is -0.746. The molecule has 2 aromatic rings. The summed E-state index contributed by atoms with van der Waals surface area (Å²) in [6.07, 6.45) is 1.30. The third-order valence-electron chi connectivity index (χ3n) is 4.40. The summed E-state index contributed by atoms with van der Waals surface area (Å²) in [7, 11) is 0. The Morgan fingerprint density at radius 2 is 1.96 bits per heavy atom. The van der Waals surface area contributed by atoms with E-state index in [1.807, 2.05) is 17.7 Å². The van der Waals surface area contributed by atoms with Crippen molar-refractivity contribution in [2.75, 3.05) is 13.1 Å². The summed E-state index contributed by atoms with van der Waals surface area (Å²) in [6, 6.07) is 1.83. The van der Waals surface area contributed by atoms with Crippen LogP contribution >= 0.6 is 11.3 Å². The number of carbonyl (C=O) groups is 2. The molecule has 1 atom stereocenters. The van der Waals surface area contributed by atoms with Crippen molar-refractivity contribution in [3.63, 3.8) is 0 Å². The van der Waals surface area contributed by atoms with Gasteiger partial charge in [-0.15, -0.1) is 11.3 Å². The van der Waals surface area contributed by atoms with Crippen molar-refractivity contribution in [3.05, 3.63) is 16.6 Å². The van der Waals surface area contributed by atoms with E-state index in [-0.39, 0.29) is 5.91 Å². The van der Waals surface area contributed by atoms with Gasteiger partial charge < -0.3 is 9.64 Å². The molecular weight excluding hydrogens is 338 g/mol. The quantitative estimate of drug-likeness (QED) is 0.765. The first-order valence-electron chi connectivity index (χ1n) is 8.83. The maximum absolute atomic E-state index is 12.5. The van der Waals surface area contributed by atoms with Crippen LogP contribution in [0.1, 0.15) is 49.0 Å². The lowest BCUT2D eigenvalue weighted by atomic mass is 10.2. The number of amides is 1. The zero-order valence-electron chi connectivity index (χ0n) is 15.2. The predicted molar refractivity (Wildman–Crippen MR) is 97.9 cm³/mol. The first kappa shape index (κ1) is 17.9. The number of ether oxygens (including phenoxy) is 1. The zero-order chi connectivity index (χ0) is 18.1. The highest BCUT2D eigenvalue weighted by atomic mass is 32.1. The molecule has 136 valence electrons. The van der Waals surface area contributed by atoms with Gasteiger partial charge in [-0.2, -0.15) is 5.10 Å². The molecule has 1 aliphatic heterocycles. The van der Waals surface area contributed by atoms with Gasteiger partial charge in [-0.25, -0.2) is 4.79 Å². The normalized spacial score (nSPS) is 16.0. The third kappa shape index (κ3) is 3.71. The summed E-state index contributed by atoms with van der Waals surface area (Å²) >= 11 is 1.38. The fraction of sp³-hybridized carbons (Fsp3) is 0.611. The molecule has 6 nitrogen and oxygen atoms in total. The second kappa shape index (κ2) is 7.15. The monoisotopic (exact) mass is 363 g/mol. The van der Waals surface area contributed by atoms with Crippen LogP contribution in [-0.2, 0) is 16.1 Å². The van der Waals surface area contributed by atoms with Gasteiger partial charge in [0.05, 0.1) is 5.69 Å². The average molecular weight is 363 g/mol. The molecule has 1 aliphatic rings. The molecule has 1 unspecified atom stereocenters. The van der Waals surface area contributed by atoms with Gasteiger partial charge in [0.25, 0.3) is 5.91 Å². The largest absolute Gasteiger partial charge is 0.448 e. The topological polar surface area (TPSA) is 64.4 Å². The highest BCUT2D eigenvalue weighted by Gasteiger charge is 2.27. The molecular formula is C18H25N3O3S. The molecule has 1 amide bonds. The molecule has 1 fully saturated rings. The number of rotatable bonds is 5. The van der Waals surface area contributed by atoms with Gasteiger partial charge >= 0.3 is 5.97 Å². The minimum absolute atomic E-state index is 0.103. The van der Waals surface area contributed by atoms with E-state index in [1.54, 1.807) is 11.8 Å². The highest BCUT2D eigenvalue weighted by Crippen LogP contribution is 2.29. The van der Waals surface area contributed by atoms with Crippen molar-refractivity contribution in [2.24, 2.45) is 5.92 Å². The Kier molecular flexibility index (Phi) is 5.13. The van der Waals surface area contributed by atoms with Crippen LogP contribution < -0.4 is 0 Å². The summed E-state index contributed by atoms with van der Waals surface area (Å²) in [5, 5.41) is 5.53. The summed E-state index contributed by atoms with van der Waals surface area (Å²) in [4.78, 5) is 28.1. The van der Waals surface area contributed by atoms with Gasteiger partial charge in [0, 0.05) is 25.0 Å². The Bertz CT molecular complexity index is 787. The number of aryl methyl sites for hydroxylation is 1. The van der Waals surface area contributed by atoms with Crippen LogP contribution in [0.3, 0.4) is 0 Å². The van der Waals surface area contributed by atoms with E-state index >= 15 is 0 Å². The Morgan fingerprint density at radius 3 is 2.60 bits per heavy atom. The van der Waals surface area contributed by atoms with E-state index in [0.29, 0.717) is 10.8 Å². The van der Waals surface area contributed by atoms with Crippen LogP contribution in [0.15, 0.2) is 6.07 Å². The number of fused-ring (bicyclic) bond motifs is 1. The number of carbonyl (C=O) groups excluding carboxylic acids is 2. The second-order valence-electron chi connectivity index (χ2n) is 7.07. The number of nitrogens with zero attached hydrogens (tertiary/aromatic N) is 3. The Morgan fingerprint density at radius 1 is 1.28 bits per heavy atom. The van der Waals surface area contributed by atoms with E-state index in [0.717, 1.165) is 48.4 Å². The maximum atomic E-state index is 12.5. The average Bonchev–Trinajstić information content (AvgIpc) is 3.26. The molecule has 2 aromatic heterocycles. The molecule has 0 bridgehead atoms. The number of likely N-dealkylation sites (tertiary alicyclic amines) is 1. The number of esters is 1. The number of hydrogen-bond donors (Lipinski definition) is 0. The van der Waals surface area contributed by atoms with Crippen LogP contribution in [0.25, 0.3) is 10.2 Å². The molecule has 3 rings (SSSR count). The van der Waals surface area contributed by atoms with Crippen molar-refractivity contribution < 1.29 is 14.3 Å². The van der Waals surface area contributed by atoms with Crippen molar-refractivity contribution in [1.29, 1.82) is 0 Å². The summed E-state index contributed by atoms with van der Waals surface area (Å²) < 4.78 is 7.37. The molecule has 0 aromatic carbocycles. The lowest BCUT2D eigenvalue weighted by molar-refractivity contribution is -0.138. The van der Waals surface area contributed by atoms with Gasteiger partial charge in [-0.3, -0.25) is 9.48 Å². The lowest BCUT2D eigenvalue weighted by Crippen LogP contribution is -2.38. The molecule has 25 heavy (non-hydrogen) atoms. The fourth-order valence-corrected chi connectivity index (χ4v) is 4.20. The van der Waals surface area contributed by atoms with Crippen LogP contribution in [-0.4, -0.2) is 45.8 Å². The predicted octanol–water partition coefficient (Wildman–Crippen LogP) is 3.23. The standard InChI is InChI=1S/C18H25N3O3S/c1-11(2)10-21-17-14(12(3)19-21)9-15(25-17)18(23)24-13(4)16(22)20-7-5-6-8-20/h9,11,13H,5-8,10H2,1-4H3. The number of thiophene rings is 1. The number of hydrogen-bond acceptors (Lipinski definition) is 5. The summed E-state index contributed by atoms with van der Waals surface area (Å²) in [6.45, 7) is 10.2. The van der Waals surface area contributed by atoms with E-state index in [1.165, 1.54) is 11.3 Å². The number of aromatic nitrogens is 2. The molecule has 0 aliphatic carbocycles. The van der Waals surface area contributed by atoms with Crippen molar-refractivity contribution in [2.45, 2.75) is 53.2 Å². The second-order valence-corrected chi connectivity index (χ2v) is 8.10. The van der Waals surface area contributed by atoms with E-state index in [9.17, 15) is 9.59 Å². The Labute approximate surface area is 151 Å². The van der Waals surface area contributed by atoms with E-state index in [4.69, 9.17) is 4.74 Å². The van der Waals surface area contributed by atoms with Crippen molar-refractivity contribution >= 4 is 33.4 Å². The fourth-order valence-electron chi connectivity index (χ4n) is 3.15.